The van der Waals surface area contributed by atoms with Crippen LogP contribution >= 0.6 is 0 Å². The first-order valence-corrected chi connectivity index (χ1v) is 7.38. The number of ether oxygens (including phenoxy) is 1. The molecule has 1 radical (unpaired) electrons. The van der Waals surface area contributed by atoms with Crippen LogP contribution in [-0.4, -0.2) is 7.11 Å². The maximum Gasteiger partial charge on any atom is 0.416 e. The molecule has 23 heavy (non-hydrogen) atoms. The molecule has 2 nitrogen and oxygen atoms in total. The third kappa shape index (κ3) is 2.93. The fourth-order valence-electron chi connectivity index (χ4n) is 2.87. The van der Waals surface area contributed by atoms with Gasteiger partial charge in [-0.1, -0.05) is 24.3 Å². The fraction of sp³-hybridized carbons (Fsp3) is 0.333. The summed E-state index contributed by atoms with van der Waals surface area (Å²) in [7, 11) is 1.54. The molecule has 0 N–H and O–H groups in total. The van der Waals surface area contributed by atoms with Crippen molar-refractivity contribution in [3.8, 4) is 5.75 Å². The van der Waals surface area contributed by atoms with Gasteiger partial charge < -0.3 is 4.74 Å². The molecule has 1 aliphatic carbocycles. The summed E-state index contributed by atoms with van der Waals surface area (Å²) in [5.41, 5.74) is -1.33. The van der Waals surface area contributed by atoms with Crippen LogP contribution in [0.4, 0.5) is 13.2 Å². The summed E-state index contributed by atoms with van der Waals surface area (Å²) in [5.74, 6) is 0.548. The first-order chi connectivity index (χ1) is 10.9. The molecule has 1 unspecified atom stereocenters. The van der Waals surface area contributed by atoms with Gasteiger partial charge in [0.25, 0.3) is 0 Å². The molecule has 1 saturated carbocycles. The van der Waals surface area contributed by atoms with Gasteiger partial charge in [0.1, 0.15) is 5.75 Å². The number of alkyl halides is 3. The van der Waals surface area contributed by atoms with E-state index in [0.717, 1.165) is 25.0 Å². The Hall–Kier alpha value is -2.01. The molecule has 1 aliphatic rings. The molecule has 0 aromatic heterocycles. The molecule has 3 rings (SSSR count). The summed E-state index contributed by atoms with van der Waals surface area (Å²) < 4.78 is 43.2. The van der Waals surface area contributed by atoms with Crippen LogP contribution in [0.3, 0.4) is 0 Å². The van der Waals surface area contributed by atoms with Crippen molar-refractivity contribution in [1.29, 1.82) is 0 Å². The van der Waals surface area contributed by atoms with Crippen LogP contribution in [0, 0.1) is 5.92 Å². The van der Waals surface area contributed by atoms with Crippen molar-refractivity contribution in [2.75, 3.05) is 7.11 Å². The molecule has 0 aliphatic heterocycles. The Labute approximate surface area is 132 Å². The van der Waals surface area contributed by atoms with E-state index in [0.29, 0.717) is 16.9 Å². The Balaban J connectivity index is 2.00. The van der Waals surface area contributed by atoms with Crippen LogP contribution in [0.2, 0.25) is 0 Å². The minimum Gasteiger partial charge on any atom is -0.497 e. The standard InChI is InChI=1S/C18H16F3O2/c1-23-16-10-8-14(9-11-16)17(22,12-2-3-12)13-4-6-15(7-5-13)18(19,20)21/h4-12H,2-3H2,1H3. The monoisotopic (exact) mass is 321 g/mol. The second-order valence-corrected chi connectivity index (χ2v) is 5.81. The summed E-state index contributed by atoms with van der Waals surface area (Å²) >= 11 is 0. The summed E-state index contributed by atoms with van der Waals surface area (Å²) in [6.07, 6.45) is -2.82. The number of hydrogen-bond acceptors (Lipinski definition) is 1. The highest BCUT2D eigenvalue weighted by Gasteiger charge is 2.48. The van der Waals surface area contributed by atoms with Crippen molar-refractivity contribution in [2.45, 2.75) is 24.6 Å². The highest BCUT2D eigenvalue weighted by atomic mass is 19.4. The molecule has 0 bridgehead atoms. The van der Waals surface area contributed by atoms with Crippen LogP contribution in [0.5, 0.6) is 5.75 Å². The van der Waals surface area contributed by atoms with Gasteiger partial charge in [0, 0.05) is 0 Å². The van der Waals surface area contributed by atoms with Gasteiger partial charge in [-0.25, -0.2) is 5.11 Å². The van der Waals surface area contributed by atoms with Crippen LogP contribution in [-0.2, 0) is 16.9 Å². The first kappa shape index (κ1) is 15.9. The molecule has 0 spiro atoms. The van der Waals surface area contributed by atoms with Crippen molar-refractivity contribution in [2.24, 2.45) is 5.92 Å². The van der Waals surface area contributed by atoms with Crippen molar-refractivity contribution in [3.63, 3.8) is 0 Å². The molecule has 0 saturated heterocycles. The lowest BCUT2D eigenvalue weighted by Gasteiger charge is -2.27. The van der Waals surface area contributed by atoms with Crippen LogP contribution in [0.15, 0.2) is 48.5 Å². The normalized spacial score (nSPS) is 17.6. The molecule has 0 heterocycles. The second-order valence-electron chi connectivity index (χ2n) is 5.81. The minimum absolute atomic E-state index is 0.0902. The van der Waals surface area contributed by atoms with Gasteiger partial charge in [-0.3, -0.25) is 0 Å². The Morgan fingerprint density at radius 2 is 1.30 bits per heavy atom. The average Bonchev–Trinajstić information content (AvgIpc) is 3.39. The third-order valence-electron chi connectivity index (χ3n) is 4.31. The van der Waals surface area contributed by atoms with Gasteiger partial charge >= 0.3 is 6.18 Å². The molecule has 1 atom stereocenters. The summed E-state index contributed by atoms with van der Waals surface area (Å²) in [6.45, 7) is 0. The number of halogens is 3. The molecule has 2 aromatic rings. The summed E-state index contributed by atoms with van der Waals surface area (Å²) in [5, 5.41) is 13.5. The number of methoxy groups -OCH3 is 1. The van der Waals surface area contributed by atoms with Crippen molar-refractivity contribution in [1.82, 2.24) is 0 Å². The summed E-state index contributed by atoms with van der Waals surface area (Å²) in [6, 6.07) is 11.4. The highest BCUT2D eigenvalue weighted by molar-refractivity contribution is 5.41. The van der Waals surface area contributed by atoms with Crippen LogP contribution < -0.4 is 4.74 Å². The van der Waals surface area contributed by atoms with Gasteiger partial charge in [-0.15, -0.1) is 0 Å². The maximum absolute atomic E-state index is 13.5. The molecule has 1 fully saturated rings. The quantitative estimate of drug-likeness (QED) is 0.795. The van der Waals surface area contributed by atoms with E-state index in [4.69, 9.17) is 4.74 Å². The maximum atomic E-state index is 13.5. The predicted octanol–water partition coefficient (Wildman–Crippen LogP) is 4.80. The lowest BCUT2D eigenvalue weighted by molar-refractivity contribution is -0.137. The molecular weight excluding hydrogens is 305 g/mol. The number of benzene rings is 2. The molecule has 5 heteroatoms. The first-order valence-electron chi connectivity index (χ1n) is 7.38. The Kier molecular flexibility index (Phi) is 3.84. The molecule has 0 amide bonds. The zero-order valence-corrected chi connectivity index (χ0v) is 12.6. The summed E-state index contributed by atoms with van der Waals surface area (Å²) in [4.78, 5) is 0. The van der Waals surface area contributed by atoms with E-state index in [9.17, 15) is 18.3 Å². The minimum atomic E-state index is -4.40. The largest absolute Gasteiger partial charge is 0.497 e. The van der Waals surface area contributed by atoms with E-state index in [1.54, 1.807) is 24.3 Å². The highest BCUT2D eigenvalue weighted by Crippen LogP contribution is 2.50. The van der Waals surface area contributed by atoms with Gasteiger partial charge in [0.05, 0.1) is 12.7 Å². The van der Waals surface area contributed by atoms with Crippen LogP contribution in [0.25, 0.3) is 0 Å². The zero-order valence-electron chi connectivity index (χ0n) is 12.6. The van der Waals surface area contributed by atoms with Gasteiger partial charge in [-0.05, 0) is 54.2 Å². The molecular formula is C18H16F3O2. The predicted molar refractivity (Wildman–Crippen MR) is 78.6 cm³/mol. The lowest BCUT2D eigenvalue weighted by atomic mass is 9.82. The van der Waals surface area contributed by atoms with E-state index in [2.05, 4.69) is 0 Å². The Morgan fingerprint density at radius 1 is 0.870 bits per heavy atom. The topological polar surface area (TPSA) is 29.1 Å². The Morgan fingerprint density at radius 3 is 1.70 bits per heavy atom. The number of hydrogen-bond donors (Lipinski definition) is 0. The van der Waals surface area contributed by atoms with E-state index < -0.39 is 17.3 Å². The van der Waals surface area contributed by atoms with E-state index in [-0.39, 0.29) is 5.92 Å². The third-order valence-corrected chi connectivity index (χ3v) is 4.31. The van der Waals surface area contributed by atoms with Gasteiger partial charge in [-0.2, -0.15) is 13.2 Å². The molecule has 121 valence electrons. The van der Waals surface area contributed by atoms with Crippen molar-refractivity contribution in [3.05, 3.63) is 65.2 Å². The van der Waals surface area contributed by atoms with Gasteiger partial charge in [0.2, 0.25) is 0 Å². The molecule has 2 aromatic carbocycles. The SMILES string of the molecule is COc1ccc(C([O])(c2ccc(C(F)(F)F)cc2)C2CC2)cc1. The van der Waals surface area contributed by atoms with Crippen molar-refractivity contribution >= 4 is 0 Å². The zero-order chi connectivity index (χ0) is 16.7. The van der Waals surface area contributed by atoms with Gasteiger partial charge in [0.15, 0.2) is 5.60 Å². The second kappa shape index (κ2) is 5.57. The lowest BCUT2D eigenvalue weighted by Crippen LogP contribution is -2.28. The van der Waals surface area contributed by atoms with Crippen LogP contribution in [0.1, 0.15) is 29.5 Å². The number of rotatable bonds is 4. The van der Waals surface area contributed by atoms with Crippen molar-refractivity contribution < 1.29 is 23.0 Å². The fourth-order valence-corrected chi connectivity index (χ4v) is 2.87. The van der Waals surface area contributed by atoms with E-state index in [1.807, 2.05) is 0 Å². The van der Waals surface area contributed by atoms with E-state index in [1.165, 1.54) is 19.2 Å². The smallest absolute Gasteiger partial charge is 0.416 e. The Bertz CT molecular complexity index is 673. The van der Waals surface area contributed by atoms with E-state index >= 15 is 0 Å². The average molecular weight is 321 g/mol.